The van der Waals surface area contributed by atoms with E-state index in [1.807, 2.05) is 38.1 Å². The van der Waals surface area contributed by atoms with Crippen molar-refractivity contribution in [2.24, 2.45) is 5.73 Å². The SMILES string of the molecule is CCc1ccccc1OC(CC)C(N)=O. The molecule has 0 aliphatic heterocycles. The Morgan fingerprint density at radius 3 is 2.60 bits per heavy atom. The maximum absolute atomic E-state index is 11.0. The Hall–Kier alpha value is -1.51. The van der Waals surface area contributed by atoms with Crippen LogP contribution >= 0.6 is 0 Å². The molecule has 1 unspecified atom stereocenters. The molecule has 0 bridgehead atoms. The van der Waals surface area contributed by atoms with Gasteiger partial charge >= 0.3 is 0 Å². The van der Waals surface area contributed by atoms with Gasteiger partial charge in [-0.05, 0) is 24.5 Å². The zero-order valence-corrected chi connectivity index (χ0v) is 9.19. The second kappa shape index (κ2) is 5.39. The summed E-state index contributed by atoms with van der Waals surface area (Å²) in [7, 11) is 0. The van der Waals surface area contributed by atoms with Crippen LogP contribution in [0.2, 0.25) is 0 Å². The van der Waals surface area contributed by atoms with Crippen LogP contribution < -0.4 is 10.5 Å². The van der Waals surface area contributed by atoms with Crippen LogP contribution in [-0.4, -0.2) is 12.0 Å². The Morgan fingerprint density at radius 1 is 1.40 bits per heavy atom. The lowest BCUT2D eigenvalue weighted by Crippen LogP contribution is -2.33. The summed E-state index contributed by atoms with van der Waals surface area (Å²) in [5.41, 5.74) is 6.32. The quantitative estimate of drug-likeness (QED) is 0.801. The molecule has 0 aromatic heterocycles. The van der Waals surface area contributed by atoms with Gasteiger partial charge in [0.15, 0.2) is 6.10 Å². The number of para-hydroxylation sites is 1. The Bertz CT molecular complexity index is 336. The second-order valence-corrected chi connectivity index (χ2v) is 3.38. The minimum Gasteiger partial charge on any atom is -0.480 e. The molecule has 1 atom stereocenters. The number of aryl methyl sites for hydroxylation is 1. The van der Waals surface area contributed by atoms with Gasteiger partial charge in [0, 0.05) is 0 Å². The lowest BCUT2D eigenvalue weighted by molar-refractivity contribution is -0.124. The predicted octanol–water partition coefficient (Wildman–Crippen LogP) is 1.89. The van der Waals surface area contributed by atoms with Crippen LogP contribution in [0.1, 0.15) is 25.8 Å². The molecule has 2 N–H and O–H groups in total. The minimum atomic E-state index is -0.530. The molecule has 0 saturated carbocycles. The molecular formula is C12H17NO2. The molecule has 0 heterocycles. The fourth-order valence-electron chi connectivity index (χ4n) is 1.41. The Labute approximate surface area is 90.2 Å². The topological polar surface area (TPSA) is 52.3 Å². The zero-order chi connectivity index (χ0) is 11.3. The number of amides is 1. The average Bonchev–Trinajstić information content (AvgIpc) is 2.25. The van der Waals surface area contributed by atoms with E-state index in [1.54, 1.807) is 0 Å². The van der Waals surface area contributed by atoms with Gasteiger partial charge in [-0.25, -0.2) is 0 Å². The third-order valence-electron chi connectivity index (χ3n) is 2.31. The third kappa shape index (κ3) is 2.98. The van der Waals surface area contributed by atoms with Gasteiger partial charge in [0.2, 0.25) is 0 Å². The summed E-state index contributed by atoms with van der Waals surface area (Å²) < 4.78 is 5.57. The van der Waals surface area contributed by atoms with Crippen molar-refractivity contribution in [1.29, 1.82) is 0 Å². The standard InChI is InChI=1S/C12H17NO2/c1-3-9-7-5-6-8-11(9)15-10(4-2)12(13)14/h5-8,10H,3-4H2,1-2H3,(H2,13,14). The van der Waals surface area contributed by atoms with E-state index in [9.17, 15) is 4.79 Å². The molecular weight excluding hydrogens is 190 g/mol. The summed E-state index contributed by atoms with van der Waals surface area (Å²) in [6.45, 7) is 3.93. The molecule has 3 nitrogen and oxygen atoms in total. The van der Waals surface area contributed by atoms with Crippen LogP contribution in [0.25, 0.3) is 0 Å². The largest absolute Gasteiger partial charge is 0.480 e. The van der Waals surface area contributed by atoms with Crippen LogP contribution in [0.15, 0.2) is 24.3 Å². The first kappa shape index (κ1) is 11.6. The van der Waals surface area contributed by atoms with E-state index in [-0.39, 0.29) is 0 Å². The van der Waals surface area contributed by atoms with Crippen molar-refractivity contribution in [3.05, 3.63) is 29.8 Å². The molecule has 1 rings (SSSR count). The summed E-state index contributed by atoms with van der Waals surface area (Å²) in [5, 5.41) is 0. The smallest absolute Gasteiger partial charge is 0.258 e. The molecule has 0 spiro atoms. The molecule has 3 heteroatoms. The number of benzene rings is 1. The number of nitrogens with two attached hydrogens (primary N) is 1. The van der Waals surface area contributed by atoms with Gasteiger partial charge < -0.3 is 10.5 Å². The molecule has 15 heavy (non-hydrogen) atoms. The van der Waals surface area contributed by atoms with E-state index < -0.39 is 12.0 Å². The molecule has 0 fully saturated rings. The fraction of sp³-hybridized carbons (Fsp3) is 0.417. The monoisotopic (exact) mass is 207 g/mol. The van der Waals surface area contributed by atoms with E-state index in [2.05, 4.69) is 0 Å². The van der Waals surface area contributed by atoms with Crippen LogP contribution in [0.4, 0.5) is 0 Å². The number of primary amides is 1. The van der Waals surface area contributed by atoms with Gasteiger partial charge in [-0.3, -0.25) is 4.79 Å². The van der Waals surface area contributed by atoms with E-state index >= 15 is 0 Å². The highest BCUT2D eigenvalue weighted by molar-refractivity contribution is 5.79. The lowest BCUT2D eigenvalue weighted by Gasteiger charge is -2.16. The first-order valence-corrected chi connectivity index (χ1v) is 5.22. The Balaban J connectivity index is 2.82. The predicted molar refractivity (Wildman–Crippen MR) is 59.7 cm³/mol. The molecule has 1 amide bonds. The molecule has 82 valence electrons. The summed E-state index contributed by atoms with van der Waals surface area (Å²) in [6.07, 6.45) is 0.941. The van der Waals surface area contributed by atoms with Crippen LogP contribution in [0, 0.1) is 0 Å². The number of hydrogen-bond acceptors (Lipinski definition) is 2. The Kier molecular flexibility index (Phi) is 4.16. The van der Waals surface area contributed by atoms with Gasteiger partial charge in [-0.15, -0.1) is 0 Å². The van der Waals surface area contributed by atoms with Crippen LogP contribution in [-0.2, 0) is 11.2 Å². The maximum atomic E-state index is 11.0. The van der Waals surface area contributed by atoms with E-state index in [0.717, 1.165) is 17.7 Å². The highest BCUT2D eigenvalue weighted by Gasteiger charge is 2.15. The third-order valence-corrected chi connectivity index (χ3v) is 2.31. The van der Waals surface area contributed by atoms with Crippen molar-refractivity contribution in [3.63, 3.8) is 0 Å². The number of hydrogen-bond donors (Lipinski definition) is 1. The number of rotatable bonds is 5. The highest BCUT2D eigenvalue weighted by atomic mass is 16.5. The van der Waals surface area contributed by atoms with Gasteiger partial charge in [0.05, 0.1) is 0 Å². The highest BCUT2D eigenvalue weighted by Crippen LogP contribution is 2.20. The minimum absolute atomic E-state index is 0.414. The van der Waals surface area contributed by atoms with Crippen molar-refractivity contribution in [1.82, 2.24) is 0 Å². The van der Waals surface area contributed by atoms with Crippen molar-refractivity contribution < 1.29 is 9.53 Å². The molecule has 0 saturated heterocycles. The summed E-state index contributed by atoms with van der Waals surface area (Å²) in [5.74, 6) is 0.342. The lowest BCUT2D eigenvalue weighted by atomic mass is 10.1. The van der Waals surface area contributed by atoms with E-state index in [1.165, 1.54) is 0 Å². The first-order valence-electron chi connectivity index (χ1n) is 5.22. The second-order valence-electron chi connectivity index (χ2n) is 3.38. The van der Waals surface area contributed by atoms with Gasteiger partial charge in [0.1, 0.15) is 5.75 Å². The van der Waals surface area contributed by atoms with Crippen LogP contribution in [0.3, 0.4) is 0 Å². The fourth-order valence-corrected chi connectivity index (χ4v) is 1.41. The molecule has 0 aliphatic carbocycles. The number of ether oxygens (including phenoxy) is 1. The van der Waals surface area contributed by atoms with Crippen molar-refractivity contribution in [2.45, 2.75) is 32.8 Å². The van der Waals surface area contributed by atoms with Crippen molar-refractivity contribution >= 4 is 5.91 Å². The van der Waals surface area contributed by atoms with Gasteiger partial charge in [-0.2, -0.15) is 0 Å². The van der Waals surface area contributed by atoms with E-state index in [0.29, 0.717) is 6.42 Å². The number of carbonyl (C=O) groups excluding carboxylic acids is 1. The summed E-state index contributed by atoms with van der Waals surface area (Å²) >= 11 is 0. The van der Waals surface area contributed by atoms with Gasteiger partial charge in [0.25, 0.3) is 5.91 Å². The maximum Gasteiger partial charge on any atom is 0.258 e. The molecule has 0 aliphatic rings. The first-order chi connectivity index (χ1) is 7.19. The summed E-state index contributed by atoms with van der Waals surface area (Å²) in [4.78, 5) is 11.0. The normalized spacial score (nSPS) is 12.1. The molecule has 1 aromatic carbocycles. The van der Waals surface area contributed by atoms with E-state index in [4.69, 9.17) is 10.5 Å². The average molecular weight is 207 g/mol. The van der Waals surface area contributed by atoms with Crippen molar-refractivity contribution in [3.8, 4) is 5.75 Å². The van der Waals surface area contributed by atoms with Crippen LogP contribution in [0.5, 0.6) is 5.75 Å². The van der Waals surface area contributed by atoms with Crippen molar-refractivity contribution in [2.75, 3.05) is 0 Å². The summed E-state index contributed by atoms with van der Waals surface area (Å²) in [6, 6.07) is 7.70. The molecule has 1 aromatic rings. The molecule has 0 radical (unpaired) electrons. The zero-order valence-electron chi connectivity index (χ0n) is 9.19. The number of carbonyl (C=O) groups is 1. The Morgan fingerprint density at radius 2 is 2.07 bits per heavy atom. The van der Waals surface area contributed by atoms with Gasteiger partial charge in [-0.1, -0.05) is 32.0 Å².